The Morgan fingerprint density at radius 3 is 1.49 bits per heavy atom. The fraction of sp³-hybridized carbons (Fsp3) is 0.379. The van der Waals surface area contributed by atoms with Crippen molar-refractivity contribution in [2.75, 3.05) is 0 Å². The van der Waals surface area contributed by atoms with Crippen LogP contribution < -0.4 is 10.4 Å². The first-order chi connectivity index (χ1) is 17.5. The van der Waals surface area contributed by atoms with Gasteiger partial charge in [0.15, 0.2) is 0 Å². The molecular weight excluding hydrogens is 500 g/mol. The predicted molar refractivity (Wildman–Crippen MR) is 153 cm³/mol. The van der Waals surface area contributed by atoms with Crippen LogP contribution in [0.5, 0.6) is 0 Å². The Hall–Kier alpha value is -2.79. The maximum Gasteiger partial charge on any atom is 0.373 e. The Bertz CT molecular complexity index is 966. The number of benzene rings is 2. The molecule has 0 N–H and O–H groups in total. The van der Waals surface area contributed by atoms with Crippen LogP contribution in [0.25, 0.3) is 0 Å². The molecule has 6 nitrogen and oxygen atoms in total. The molecule has 0 unspecified atom stereocenters. The minimum atomic E-state index is -1.72. The van der Waals surface area contributed by atoms with E-state index in [9.17, 15) is 9.59 Å². The minimum Gasteiger partial charge on any atom is -0.290 e. The largest absolute Gasteiger partial charge is 0.373 e. The van der Waals surface area contributed by atoms with Gasteiger partial charge in [0.05, 0.1) is 11.1 Å². The lowest BCUT2D eigenvalue weighted by Gasteiger charge is -2.18. The summed E-state index contributed by atoms with van der Waals surface area (Å²) in [7, 11) is -3.45. The van der Waals surface area contributed by atoms with Crippen LogP contribution in [-0.2, 0) is 19.6 Å². The molecule has 0 aliphatic heterocycles. The first-order valence-electron chi connectivity index (χ1n) is 12.8. The Balaban J connectivity index is 1.98. The van der Waals surface area contributed by atoms with Crippen LogP contribution in [0.3, 0.4) is 0 Å². The highest BCUT2D eigenvalue weighted by Gasteiger charge is 2.23. The Morgan fingerprint density at radius 1 is 0.730 bits per heavy atom. The molecular formula is C29H40O6Si2. The van der Waals surface area contributed by atoms with Gasteiger partial charge in [0.2, 0.25) is 6.29 Å². The zero-order valence-corrected chi connectivity index (χ0v) is 24.8. The third-order valence-electron chi connectivity index (χ3n) is 6.51. The smallest absolute Gasteiger partial charge is 0.290 e. The summed E-state index contributed by atoms with van der Waals surface area (Å²) in [6, 6.07) is 14.5. The van der Waals surface area contributed by atoms with Gasteiger partial charge in [-0.2, -0.15) is 0 Å². The van der Waals surface area contributed by atoms with Crippen molar-refractivity contribution in [1.82, 2.24) is 0 Å². The number of unbranched alkanes of at least 4 members (excludes halogenated alkanes) is 3. The van der Waals surface area contributed by atoms with Gasteiger partial charge in [-0.25, -0.2) is 9.59 Å². The lowest BCUT2D eigenvalue weighted by molar-refractivity contribution is -0.421. The van der Waals surface area contributed by atoms with E-state index in [-0.39, 0.29) is 0 Å². The van der Waals surface area contributed by atoms with Gasteiger partial charge in [-0.3, -0.25) is 9.78 Å². The molecule has 2 rings (SSSR count). The molecule has 8 heteroatoms. The average Bonchev–Trinajstić information content (AvgIpc) is 2.91. The lowest BCUT2D eigenvalue weighted by atomic mass is 10.1. The van der Waals surface area contributed by atoms with Crippen molar-refractivity contribution in [3.63, 3.8) is 0 Å². The standard InChI is InChI=1S/C29H40O6Si2/c1-8-11-12-13-14-27(32-34-28(30)23-15-19-25(20-16-23)36(4,5)9-2)33-35-29(31)24-17-21-26(22-18-24)37(6,7)10-3/h9-10,15-22,27H,2-3,8,11-14H2,1,4-7H3. The summed E-state index contributed by atoms with van der Waals surface area (Å²) >= 11 is 0. The molecule has 0 saturated heterocycles. The van der Waals surface area contributed by atoms with E-state index < -0.39 is 34.4 Å². The topological polar surface area (TPSA) is 71.1 Å². The number of hydrogen-bond acceptors (Lipinski definition) is 6. The van der Waals surface area contributed by atoms with Crippen molar-refractivity contribution in [1.29, 1.82) is 0 Å². The second-order valence-corrected chi connectivity index (χ2v) is 19.1. The lowest BCUT2D eigenvalue weighted by Crippen LogP contribution is -2.39. The molecule has 2 aromatic carbocycles. The highest BCUT2D eigenvalue weighted by Crippen LogP contribution is 2.14. The van der Waals surface area contributed by atoms with E-state index in [1.54, 1.807) is 24.3 Å². The molecule has 0 aliphatic carbocycles. The average molecular weight is 541 g/mol. The first kappa shape index (κ1) is 30.4. The van der Waals surface area contributed by atoms with Crippen LogP contribution in [0.4, 0.5) is 0 Å². The van der Waals surface area contributed by atoms with Crippen molar-refractivity contribution in [3.05, 3.63) is 84.2 Å². The quantitative estimate of drug-likeness (QED) is 0.0888. The minimum absolute atomic E-state index is 0.352. The highest BCUT2D eigenvalue weighted by atomic mass is 28.3. The van der Waals surface area contributed by atoms with E-state index >= 15 is 0 Å². The van der Waals surface area contributed by atoms with Crippen molar-refractivity contribution >= 4 is 38.5 Å². The Labute approximate surface area is 223 Å². The summed E-state index contributed by atoms with van der Waals surface area (Å²) in [6.45, 7) is 18.7. The molecule has 0 saturated carbocycles. The van der Waals surface area contributed by atoms with Gasteiger partial charge < -0.3 is 0 Å². The Morgan fingerprint density at radius 2 is 1.14 bits per heavy atom. The molecule has 0 fully saturated rings. The Kier molecular flexibility index (Phi) is 11.7. The number of rotatable bonds is 15. The van der Waals surface area contributed by atoms with Gasteiger partial charge in [0.1, 0.15) is 16.1 Å². The van der Waals surface area contributed by atoms with Gasteiger partial charge in [-0.15, -0.1) is 22.9 Å². The van der Waals surface area contributed by atoms with Crippen LogP contribution in [0, 0.1) is 0 Å². The van der Waals surface area contributed by atoms with Crippen LogP contribution in [0.1, 0.15) is 59.7 Å². The monoisotopic (exact) mass is 540 g/mol. The molecule has 0 spiro atoms. The third kappa shape index (κ3) is 9.23. The molecule has 0 aliphatic rings. The predicted octanol–water partition coefficient (Wildman–Crippen LogP) is 6.14. The second kappa shape index (κ2) is 14.2. The van der Waals surface area contributed by atoms with E-state index in [2.05, 4.69) is 46.3 Å². The molecule has 0 amide bonds. The van der Waals surface area contributed by atoms with Gasteiger partial charge in [-0.1, -0.05) is 98.4 Å². The van der Waals surface area contributed by atoms with Crippen LogP contribution in [0.15, 0.2) is 73.1 Å². The van der Waals surface area contributed by atoms with Gasteiger partial charge >= 0.3 is 11.9 Å². The normalized spacial score (nSPS) is 11.7. The zero-order valence-electron chi connectivity index (χ0n) is 22.8. The summed E-state index contributed by atoms with van der Waals surface area (Å²) in [6.07, 6.45) is 3.20. The van der Waals surface area contributed by atoms with Gasteiger partial charge in [0.25, 0.3) is 0 Å². The first-order valence-corrected chi connectivity index (χ1v) is 18.9. The fourth-order valence-corrected chi connectivity index (χ4v) is 5.97. The van der Waals surface area contributed by atoms with E-state index in [1.165, 1.54) is 0 Å². The molecule has 0 aromatic heterocycles. The maximum absolute atomic E-state index is 12.5. The number of hydrogen-bond donors (Lipinski definition) is 0. The molecule has 0 bridgehead atoms. The SMILES string of the molecule is C=C[Si](C)(C)c1ccc(C(=O)OOC(CCCCCC)OOC(=O)c2ccc([Si](C)(C)C=C)cc2)cc1. The highest BCUT2D eigenvalue weighted by molar-refractivity contribution is 6.94. The van der Waals surface area contributed by atoms with Crippen molar-refractivity contribution in [2.24, 2.45) is 0 Å². The molecule has 2 aromatic rings. The third-order valence-corrected chi connectivity index (χ3v) is 12.2. The maximum atomic E-state index is 12.5. The molecule has 37 heavy (non-hydrogen) atoms. The van der Waals surface area contributed by atoms with E-state index in [4.69, 9.17) is 19.6 Å². The zero-order chi connectivity index (χ0) is 27.5. The van der Waals surface area contributed by atoms with Crippen LogP contribution >= 0.6 is 0 Å². The number of carbonyl (C=O) groups is 2. The molecule has 200 valence electrons. The fourth-order valence-electron chi connectivity index (χ4n) is 3.45. The van der Waals surface area contributed by atoms with Crippen molar-refractivity contribution in [3.8, 4) is 0 Å². The second-order valence-electron chi connectivity index (χ2n) is 10.2. The van der Waals surface area contributed by atoms with Gasteiger partial charge in [-0.05, 0) is 30.7 Å². The molecule has 0 heterocycles. The van der Waals surface area contributed by atoms with Gasteiger partial charge in [0, 0.05) is 6.42 Å². The van der Waals surface area contributed by atoms with Crippen molar-refractivity contribution in [2.45, 2.75) is 71.5 Å². The van der Waals surface area contributed by atoms with E-state index in [0.717, 1.165) is 36.1 Å². The number of carbonyl (C=O) groups excluding carboxylic acids is 2. The van der Waals surface area contributed by atoms with E-state index in [1.807, 2.05) is 35.7 Å². The van der Waals surface area contributed by atoms with Crippen molar-refractivity contribution < 1.29 is 29.1 Å². The molecule has 0 radical (unpaired) electrons. The molecule has 0 atom stereocenters. The summed E-state index contributed by atoms with van der Waals surface area (Å²) in [4.78, 5) is 45.6. The van der Waals surface area contributed by atoms with E-state index in [0.29, 0.717) is 17.5 Å². The summed E-state index contributed by atoms with van der Waals surface area (Å²) in [5, 5.41) is 2.32. The summed E-state index contributed by atoms with van der Waals surface area (Å²) in [5.74, 6) is -1.30. The van der Waals surface area contributed by atoms with Crippen LogP contribution in [0.2, 0.25) is 26.2 Å². The van der Waals surface area contributed by atoms with Crippen LogP contribution in [-0.4, -0.2) is 34.4 Å². The summed E-state index contributed by atoms with van der Waals surface area (Å²) in [5.41, 5.74) is 4.68. The summed E-state index contributed by atoms with van der Waals surface area (Å²) < 4.78 is 0.